The first-order valence-corrected chi connectivity index (χ1v) is 6.07. The summed E-state index contributed by atoms with van der Waals surface area (Å²) in [6, 6.07) is 7.73. The molecule has 0 fully saturated rings. The lowest BCUT2D eigenvalue weighted by Gasteiger charge is -2.12. The molecule has 0 spiro atoms. The molecular weight excluding hydrogens is 244 g/mol. The second-order valence-electron chi connectivity index (χ2n) is 4.19. The van der Waals surface area contributed by atoms with E-state index in [9.17, 15) is 0 Å². The highest BCUT2D eigenvalue weighted by Gasteiger charge is 2.09. The van der Waals surface area contributed by atoms with E-state index in [2.05, 4.69) is 10.5 Å². The van der Waals surface area contributed by atoms with Crippen molar-refractivity contribution in [2.75, 3.05) is 14.2 Å². The maximum absolute atomic E-state index is 5.37. The van der Waals surface area contributed by atoms with Crippen molar-refractivity contribution in [3.8, 4) is 11.5 Å². The van der Waals surface area contributed by atoms with Gasteiger partial charge in [0.05, 0.1) is 26.5 Å². The molecule has 0 aliphatic heterocycles. The molecule has 0 saturated carbocycles. The first-order chi connectivity index (χ1) is 9.24. The Morgan fingerprint density at radius 2 is 2.05 bits per heavy atom. The molecule has 5 heteroatoms. The molecular formula is C14H18N2O3. The third kappa shape index (κ3) is 3.26. The van der Waals surface area contributed by atoms with Gasteiger partial charge in [-0.2, -0.15) is 0 Å². The average molecular weight is 262 g/mol. The van der Waals surface area contributed by atoms with Crippen LogP contribution in [0, 0.1) is 6.92 Å². The normalized spacial score (nSPS) is 10.5. The number of ether oxygens (including phenoxy) is 2. The summed E-state index contributed by atoms with van der Waals surface area (Å²) in [5.74, 6) is 2.31. The van der Waals surface area contributed by atoms with Crippen LogP contribution in [-0.4, -0.2) is 19.4 Å². The van der Waals surface area contributed by atoms with Crippen LogP contribution in [0.1, 0.15) is 17.0 Å². The third-order valence-corrected chi connectivity index (χ3v) is 2.78. The van der Waals surface area contributed by atoms with Crippen molar-refractivity contribution in [3.05, 3.63) is 41.3 Å². The van der Waals surface area contributed by atoms with Gasteiger partial charge in [-0.15, -0.1) is 0 Å². The fraction of sp³-hybridized carbons (Fsp3) is 0.357. The van der Waals surface area contributed by atoms with Crippen LogP contribution in [0.5, 0.6) is 11.5 Å². The maximum atomic E-state index is 5.37. The van der Waals surface area contributed by atoms with E-state index in [0.717, 1.165) is 28.5 Å². The first-order valence-electron chi connectivity index (χ1n) is 6.07. The fourth-order valence-electron chi connectivity index (χ4n) is 1.91. The quantitative estimate of drug-likeness (QED) is 0.865. The number of methoxy groups -OCH3 is 2. The van der Waals surface area contributed by atoms with E-state index in [1.54, 1.807) is 14.2 Å². The van der Waals surface area contributed by atoms with Crippen molar-refractivity contribution >= 4 is 0 Å². The summed E-state index contributed by atoms with van der Waals surface area (Å²) in [6.45, 7) is 3.19. The summed E-state index contributed by atoms with van der Waals surface area (Å²) < 4.78 is 15.8. The van der Waals surface area contributed by atoms with Crippen molar-refractivity contribution in [2.24, 2.45) is 0 Å². The summed E-state index contributed by atoms with van der Waals surface area (Å²) in [6.07, 6.45) is 0. The van der Waals surface area contributed by atoms with Gasteiger partial charge < -0.3 is 19.3 Å². The molecule has 0 amide bonds. The highest BCUT2D eigenvalue weighted by molar-refractivity contribution is 5.46. The molecule has 19 heavy (non-hydrogen) atoms. The first kappa shape index (κ1) is 13.4. The molecule has 0 aliphatic rings. The Labute approximate surface area is 112 Å². The van der Waals surface area contributed by atoms with E-state index in [0.29, 0.717) is 13.1 Å². The number of benzene rings is 1. The van der Waals surface area contributed by atoms with Crippen LogP contribution in [0.2, 0.25) is 0 Å². The summed E-state index contributed by atoms with van der Waals surface area (Å²) in [7, 11) is 3.27. The lowest BCUT2D eigenvalue weighted by Crippen LogP contribution is -2.13. The predicted molar refractivity (Wildman–Crippen MR) is 71.3 cm³/mol. The lowest BCUT2D eigenvalue weighted by molar-refractivity contribution is 0.348. The molecule has 102 valence electrons. The maximum Gasteiger partial charge on any atom is 0.165 e. The Bertz CT molecular complexity index is 537. The summed E-state index contributed by atoms with van der Waals surface area (Å²) in [5.41, 5.74) is 1.92. The number of hydrogen-bond donors (Lipinski definition) is 1. The van der Waals surface area contributed by atoms with Crippen LogP contribution >= 0.6 is 0 Å². The van der Waals surface area contributed by atoms with E-state index in [4.69, 9.17) is 14.0 Å². The molecule has 1 aromatic carbocycles. The molecule has 0 aliphatic carbocycles. The van der Waals surface area contributed by atoms with Crippen LogP contribution in [0.15, 0.2) is 28.8 Å². The summed E-state index contributed by atoms with van der Waals surface area (Å²) >= 11 is 0. The van der Waals surface area contributed by atoms with Crippen LogP contribution in [-0.2, 0) is 13.1 Å². The number of aromatic nitrogens is 1. The topological polar surface area (TPSA) is 56.5 Å². The van der Waals surface area contributed by atoms with Gasteiger partial charge in [-0.05, 0) is 13.0 Å². The molecule has 1 heterocycles. The molecule has 0 radical (unpaired) electrons. The van der Waals surface area contributed by atoms with Crippen molar-refractivity contribution in [1.29, 1.82) is 0 Å². The van der Waals surface area contributed by atoms with Gasteiger partial charge >= 0.3 is 0 Å². The van der Waals surface area contributed by atoms with Gasteiger partial charge in [-0.1, -0.05) is 17.3 Å². The van der Waals surface area contributed by atoms with E-state index in [1.807, 2.05) is 31.2 Å². The average Bonchev–Trinajstić information content (AvgIpc) is 2.84. The smallest absolute Gasteiger partial charge is 0.165 e. The molecule has 0 atom stereocenters. The van der Waals surface area contributed by atoms with Gasteiger partial charge in [0.1, 0.15) is 0 Å². The second-order valence-corrected chi connectivity index (χ2v) is 4.19. The Balaban J connectivity index is 1.99. The zero-order valence-corrected chi connectivity index (χ0v) is 11.4. The zero-order chi connectivity index (χ0) is 13.7. The van der Waals surface area contributed by atoms with Crippen molar-refractivity contribution in [3.63, 3.8) is 0 Å². The number of rotatable bonds is 6. The number of nitrogens with zero attached hydrogens (tertiary/aromatic N) is 1. The van der Waals surface area contributed by atoms with Crippen LogP contribution in [0.3, 0.4) is 0 Å². The van der Waals surface area contributed by atoms with E-state index < -0.39 is 0 Å². The molecule has 1 N–H and O–H groups in total. The fourth-order valence-corrected chi connectivity index (χ4v) is 1.91. The van der Waals surface area contributed by atoms with Crippen LogP contribution < -0.4 is 14.8 Å². The largest absolute Gasteiger partial charge is 0.493 e. The minimum atomic E-state index is 0.626. The number of para-hydroxylation sites is 1. The van der Waals surface area contributed by atoms with Crippen LogP contribution in [0.25, 0.3) is 0 Å². The Hall–Kier alpha value is -2.01. The summed E-state index contributed by atoms with van der Waals surface area (Å²) in [4.78, 5) is 0. The minimum absolute atomic E-state index is 0.626. The van der Waals surface area contributed by atoms with Crippen molar-refractivity contribution < 1.29 is 14.0 Å². The molecule has 5 nitrogen and oxygen atoms in total. The zero-order valence-electron chi connectivity index (χ0n) is 11.4. The Kier molecular flexibility index (Phi) is 4.41. The highest BCUT2D eigenvalue weighted by atomic mass is 16.5. The van der Waals surface area contributed by atoms with Gasteiger partial charge in [0.2, 0.25) is 0 Å². The van der Waals surface area contributed by atoms with E-state index >= 15 is 0 Å². The van der Waals surface area contributed by atoms with Crippen molar-refractivity contribution in [1.82, 2.24) is 10.5 Å². The monoisotopic (exact) mass is 262 g/mol. The molecule has 0 bridgehead atoms. The Morgan fingerprint density at radius 3 is 2.68 bits per heavy atom. The SMILES string of the molecule is COc1cccc(CNCc2cc(C)no2)c1OC. The molecule has 0 saturated heterocycles. The number of hydrogen-bond acceptors (Lipinski definition) is 5. The summed E-state index contributed by atoms with van der Waals surface area (Å²) in [5, 5.41) is 7.13. The number of nitrogens with one attached hydrogen (secondary N) is 1. The molecule has 2 aromatic rings. The second kappa shape index (κ2) is 6.24. The molecule has 1 aromatic heterocycles. The van der Waals surface area contributed by atoms with Gasteiger partial charge in [0.15, 0.2) is 17.3 Å². The number of aryl methyl sites for hydroxylation is 1. The lowest BCUT2D eigenvalue weighted by atomic mass is 10.2. The molecule has 0 unspecified atom stereocenters. The highest BCUT2D eigenvalue weighted by Crippen LogP contribution is 2.30. The minimum Gasteiger partial charge on any atom is -0.493 e. The third-order valence-electron chi connectivity index (χ3n) is 2.78. The van der Waals surface area contributed by atoms with Gasteiger partial charge in [0, 0.05) is 18.2 Å². The van der Waals surface area contributed by atoms with Gasteiger partial charge in [-0.25, -0.2) is 0 Å². The van der Waals surface area contributed by atoms with E-state index in [1.165, 1.54) is 0 Å². The molecule has 2 rings (SSSR count). The van der Waals surface area contributed by atoms with Crippen LogP contribution in [0.4, 0.5) is 0 Å². The van der Waals surface area contributed by atoms with Gasteiger partial charge in [-0.3, -0.25) is 0 Å². The van der Waals surface area contributed by atoms with Gasteiger partial charge in [0.25, 0.3) is 0 Å². The van der Waals surface area contributed by atoms with E-state index in [-0.39, 0.29) is 0 Å². The predicted octanol–water partition coefficient (Wildman–Crippen LogP) is 2.29. The Morgan fingerprint density at radius 1 is 1.21 bits per heavy atom. The standard InChI is InChI=1S/C14H18N2O3/c1-10-7-12(19-16-10)9-15-8-11-5-4-6-13(17-2)14(11)18-3/h4-7,15H,8-9H2,1-3H3. The van der Waals surface area contributed by atoms with Crippen molar-refractivity contribution in [2.45, 2.75) is 20.0 Å².